The molecule has 2 unspecified atom stereocenters. The summed E-state index contributed by atoms with van der Waals surface area (Å²) in [6.45, 7) is 4.93. The van der Waals surface area contributed by atoms with Crippen LogP contribution >= 0.6 is 11.6 Å². The second kappa shape index (κ2) is 14.8. The smallest absolute Gasteiger partial charge is 0.408 e. The molecule has 3 atom stereocenters. The lowest BCUT2D eigenvalue weighted by molar-refractivity contribution is -0.126. The number of amides is 3. The van der Waals surface area contributed by atoms with Crippen molar-refractivity contribution in [2.45, 2.75) is 80.3 Å². The van der Waals surface area contributed by atoms with Crippen molar-refractivity contribution in [1.29, 1.82) is 0 Å². The van der Waals surface area contributed by atoms with E-state index in [9.17, 15) is 41.1 Å². The molecule has 4 N–H and O–H groups in total. The van der Waals surface area contributed by atoms with Crippen LogP contribution in [0.4, 0.5) is 23.7 Å². The first-order valence-corrected chi connectivity index (χ1v) is 18.3. The monoisotopic (exact) mass is 749 g/mol. The summed E-state index contributed by atoms with van der Waals surface area (Å²) < 4.78 is 74.0. The molecule has 0 heterocycles. The van der Waals surface area contributed by atoms with E-state index in [4.69, 9.17) is 16.3 Å². The Hall–Kier alpha value is -4.14. The van der Waals surface area contributed by atoms with E-state index < -0.39 is 79.5 Å². The maximum atomic E-state index is 14.0. The summed E-state index contributed by atoms with van der Waals surface area (Å²) in [5, 5.41) is 18.4. The fraction of sp³-hybridized carbons (Fsp3) is 0.417. The first-order chi connectivity index (χ1) is 23.9. The third-order valence-corrected chi connectivity index (χ3v) is 12.0. The minimum atomic E-state index is -4.17. The van der Waals surface area contributed by atoms with Crippen LogP contribution in [0, 0.1) is 29.3 Å². The topological polar surface area (TPSA) is 151 Å². The highest BCUT2D eigenvalue weighted by atomic mass is 35.5. The van der Waals surface area contributed by atoms with Crippen molar-refractivity contribution in [2.24, 2.45) is 11.8 Å². The minimum absolute atomic E-state index is 0.0513. The molecule has 0 radical (unpaired) electrons. The zero-order chi connectivity index (χ0) is 37.3. The summed E-state index contributed by atoms with van der Waals surface area (Å²) in [6, 6.07) is 12.7. The maximum Gasteiger partial charge on any atom is 0.408 e. The van der Waals surface area contributed by atoms with E-state index in [0.29, 0.717) is 25.0 Å². The molecule has 5 rings (SSSR count). The van der Waals surface area contributed by atoms with Gasteiger partial charge in [0.1, 0.15) is 11.6 Å². The lowest BCUT2D eigenvalue weighted by atomic mass is 9.74. The highest BCUT2D eigenvalue weighted by molar-refractivity contribution is 7.92. The Labute approximate surface area is 299 Å². The number of fused-ring (bicyclic) bond motifs is 2. The number of carbonyl (C=O) groups excluding carboxylic acids is 3. The van der Waals surface area contributed by atoms with Crippen molar-refractivity contribution >= 4 is 45.0 Å². The van der Waals surface area contributed by atoms with E-state index in [-0.39, 0.29) is 47.0 Å². The Morgan fingerprint density at radius 3 is 2.18 bits per heavy atom. The Balaban J connectivity index is 1.28. The van der Waals surface area contributed by atoms with Crippen LogP contribution in [0.15, 0.2) is 65.6 Å². The van der Waals surface area contributed by atoms with E-state index >= 15 is 0 Å². The van der Waals surface area contributed by atoms with Crippen molar-refractivity contribution < 1.29 is 45.8 Å². The third-order valence-electron chi connectivity index (χ3n) is 9.39. The number of benzene rings is 3. The third kappa shape index (κ3) is 8.67. The number of anilines is 1. The van der Waals surface area contributed by atoms with E-state index in [1.165, 1.54) is 12.1 Å². The summed E-state index contributed by atoms with van der Waals surface area (Å²) in [5.74, 6) is -7.19. The van der Waals surface area contributed by atoms with E-state index in [1.54, 1.807) is 32.9 Å². The normalized spacial score (nSPS) is 22.2. The van der Waals surface area contributed by atoms with E-state index in [1.807, 2.05) is 18.2 Å². The van der Waals surface area contributed by atoms with Crippen LogP contribution in [-0.4, -0.2) is 60.5 Å². The highest BCUT2D eigenvalue weighted by Gasteiger charge is 2.56. The summed E-state index contributed by atoms with van der Waals surface area (Å²) in [5.41, 5.74) is -1.98. The second-order valence-electron chi connectivity index (χ2n) is 14.1. The molecular weight excluding hydrogens is 711 g/mol. The molecule has 0 spiro atoms. The van der Waals surface area contributed by atoms with Gasteiger partial charge in [0, 0.05) is 36.3 Å². The van der Waals surface area contributed by atoms with Crippen molar-refractivity contribution in [3.05, 3.63) is 94.3 Å². The van der Waals surface area contributed by atoms with Crippen LogP contribution in [0.2, 0.25) is 5.02 Å². The number of hydrogen-bond acceptors (Lipinski definition) is 7. The standard InChI is InChI=1S/C36H39ClF3N3O7S/c1-35(2,3)50-34(46)43-29(13-20-7-5-4-6-8-20)33(45)41-19-36(47)22-10-11-23(36)16-25(15-22)51(48,49)30-14-21(9-12-26(30)37)32(44)42-24-17-27(38)31(40)28(39)18-24/h4-9,12,14,17-18,22-23,25,29,47H,10-11,13,15-16,19H2,1-3H3,(H,41,45)(H,42,44)(H,43,46)/t22?,23?,25?,29-,36?/m0/s1. The predicted octanol–water partition coefficient (Wildman–Crippen LogP) is 5.96. The fourth-order valence-electron chi connectivity index (χ4n) is 6.89. The van der Waals surface area contributed by atoms with Gasteiger partial charge in [0.05, 0.1) is 20.8 Å². The van der Waals surface area contributed by atoms with Crippen molar-refractivity contribution in [3.8, 4) is 0 Å². The lowest BCUT2D eigenvalue weighted by Gasteiger charge is -2.42. The van der Waals surface area contributed by atoms with Crippen LogP contribution in [0.5, 0.6) is 0 Å². The molecule has 274 valence electrons. The number of halogens is 4. The second-order valence-corrected chi connectivity index (χ2v) is 16.7. The number of sulfone groups is 1. The molecule has 2 fully saturated rings. The van der Waals surface area contributed by atoms with Gasteiger partial charge in [-0.3, -0.25) is 9.59 Å². The van der Waals surface area contributed by atoms with Gasteiger partial charge in [-0.2, -0.15) is 0 Å². The molecule has 51 heavy (non-hydrogen) atoms. The van der Waals surface area contributed by atoms with Gasteiger partial charge in [-0.25, -0.2) is 26.4 Å². The van der Waals surface area contributed by atoms with Crippen molar-refractivity contribution in [1.82, 2.24) is 10.6 Å². The predicted molar refractivity (Wildman–Crippen MR) is 183 cm³/mol. The van der Waals surface area contributed by atoms with Gasteiger partial charge in [0.25, 0.3) is 5.91 Å². The number of carbonyl (C=O) groups is 3. The summed E-state index contributed by atoms with van der Waals surface area (Å²) in [4.78, 5) is 38.7. The Kier molecular flexibility index (Phi) is 11.1. The minimum Gasteiger partial charge on any atom is -0.444 e. The Morgan fingerprint density at radius 1 is 0.980 bits per heavy atom. The first-order valence-electron chi connectivity index (χ1n) is 16.4. The van der Waals surface area contributed by atoms with Crippen LogP contribution in [0.3, 0.4) is 0 Å². The molecule has 3 aromatic rings. The highest BCUT2D eigenvalue weighted by Crippen LogP contribution is 2.52. The number of rotatable bonds is 10. The average Bonchev–Trinajstić information content (AvgIpc) is 3.20. The Morgan fingerprint density at radius 2 is 1.59 bits per heavy atom. The molecule has 3 aromatic carbocycles. The molecule has 2 aliphatic carbocycles. The number of nitrogens with one attached hydrogen (secondary N) is 3. The lowest BCUT2D eigenvalue weighted by Crippen LogP contribution is -2.57. The molecule has 3 amide bonds. The van der Waals surface area contributed by atoms with E-state index in [2.05, 4.69) is 16.0 Å². The molecular formula is C36H39ClF3N3O7S. The average molecular weight is 750 g/mol. The number of alkyl carbamates (subject to hydrolysis) is 1. The van der Waals surface area contributed by atoms with Crippen LogP contribution in [0.1, 0.15) is 62.4 Å². The molecule has 0 saturated heterocycles. The molecule has 2 saturated carbocycles. The number of hydrogen-bond donors (Lipinski definition) is 4. The fourth-order valence-corrected chi connectivity index (χ4v) is 9.29. The van der Waals surface area contributed by atoms with Gasteiger partial charge in [0.15, 0.2) is 27.3 Å². The number of aliphatic hydroxyl groups is 1. The van der Waals surface area contributed by atoms with Gasteiger partial charge in [0.2, 0.25) is 5.91 Å². The van der Waals surface area contributed by atoms with Crippen LogP contribution in [0.25, 0.3) is 0 Å². The first kappa shape index (κ1) is 38.1. The van der Waals surface area contributed by atoms with Crippen LogP contribution in [-0.2, 0) is 25.8 Å². The van der Waals surface area contributed by atoms with Gasteiger partial charge in [-0.05, 0) is 82.1 Å². The zero-order valence-corrected chi connectivity index (χ0v) is 29.7. The van der Waals surface area contributed by atoms with Gasteiger partial charge in [-0.1, -0.05) is 41.9 Å². The summed E-state index contributed by atoms with van der Waals surface area (Å²) >= 11 is 6.32. The molecule has 2 bridgehead atoms. The zero-order valence-electron chi connectivity index (χ0n) is 28.1. The molecule has 2 aliphatic rings. The van der Waals surface area contributed by atoms with Gasteiger partial charge in [-0.15, -0.1) is 0 Å². The van der Waals surface area contributed by atoms with Crippen molar-refractivity contribution in [3.63, 3.8) is 0 Å². The molecule has 10 nitrogen and oxygen atoms in total. The van der Waals surface area contributed by atoms with Gasteiger partial charge >= 0.3 is 6.09 Å². The largest absolute Gasteiger partial charge is 0.444 e. The van der Waals surface area contributed by atoms with Crippen molar-refractivity contribution in [2.75, 3.05) is 11.9 Å². The summed E-state index contributed by atoms with van der Waals surface area (Å²) in [6.07, 6.45) is 0.501. The Bertz CT molecular complexity index is 1890. The quantitative estimate of drug-likeness (QED) is 0.187. The van der Waals surface area contributed by atoms with E-state index in [0.717, 1.165) is 11.6 Å². The molecule has 0 aliphatic heterocycles. The summed E-state index contributed by atoms with van der Waals surface area (Å²) in [7, 11) is -4.17. The maximum absolute atomic E-state index is 14.0. The van der Waals surface area contributed by atoms with Crippen LogP contribution < -0.4 is 16.0 Å². The molecule has 15 heteroatoms. The SMILES string of the molecule is CC(C)(C)OC(=O)N[C@@H](Cc1ccccc1)C(=O)NCC1(O)C2CCC1CC(S(=O)(=O)c1cc(C(=O)Nc3cc(F)c(F)c(F)c3)ccc1Cl)C2. The van der Waals surface area contributed by atoms with Gasteiger partial charge < -0.3 is 25.8 Å². The number of ether oxygens (including phenoxy) is 1. The molecule has 0 aromatic heterocycles.